The number of carbonyl (C=O) groups excluding carboxylic acids is 2. The van der Waals surface area contributed by atoms with Gasteiger partial charge in [0, 0.05) is 18.8 Å². The normalized spacial score (nSPS) is 13.4. The van der Waals surface area contributed by atoms with Gasteiger partial charge in [-0.05, 0) is 31.5 Å². The van der Waals surface area contributed by atoms with E-state index in [0.29, 0.717) is 13.1 Å². The van der Waals surface area contributed by atoms with E-state index in [4.69, 9.17) is 0 Å². The number of fused-ring (bicyclic) bond motifs is 1. The third-order valence-electron chi connectivity index (χ3n) is 3.74. The number of para-hydroxylation sites is 1. The van der Waals surface area contributed by atoms with Crippen molar-refractivity contribution in [2.24, 2.45) is 0 Å². The van der Waals surface area contributed by atoms with Crippen molar-refractivity contribution < 1.29 is 9.59 Å². The zero-order valence-corrected chi connectivity index (χ0v) is 12.8. The molecule has 0 aromatic heterocycles. The van der Waals surface area contributed by atoms with Crippen LogP contribution in [-0.4, -0.2) is 49.4 Å². The molecule has 2 amide bonds. The summed E-state index contributed by atoms with van der Waals surface area (Å²) in [5, 5.41) is 2.76. The van der Waals surface area contributed by atoms with E-state index in [9.17, 15) is 9.59 Å². The van der Waals surface area contributed by atoms with E-state index in [2.05, 4.69) is 11.4 Å². The van der Waals surface area contributed by atoms with Crippen LogP contribution in [0.5, 0.6) is 0 Å². The lowest BCUT2D eigenvalue weighted by atomic mass is 10.2. The van der Waals surface area contributed by atoms with E-state index in [-0.39, 0.29) is 24.9 Å². The molecule has 1 aliphatic heterocycles. The highest BCUT2D eigenvalue weighted by Gasteiger charge is 2.25. The molecule has 0 unspecified atom stereocenters. The molecule has 1 aromatic rings. The molecule has 114 valence electrons. The molecular formula is C16H23N3O2. The minimum Gasteiger partial charge on any atom is -0.355 e. The number of likely N-dealkylation sites (N-methyl/N-ethyl adjacent to an activating group) is 2. The van der Waals surface area contributed by atoms with Gasteiger partial charge < -0.3 is 10.2 Å². The summed E-state index contributed by atoms with van der Waals surface area (Å²) in [6.45, 7) is 6.43. The second-order valence-corrected chi connectivity index (χ2v) is 5.18. The van der Waals surface area contributed by atoms with Crippen LogP contribution in [0.2, 0.25) is 0 Å². The van der Waals surface area contributed by atoms with E-state index in [1.165, 1.54) is 5.56 Å². The first-order chi connectivity index (χ1) is 10.2. The highest BCUT2D eigenvalue weighted by atomic mass is 16.2. The molecule has 0 bridgehead atoms. The Morgan fingerprint density at radius 2 is 2.00 bits per heavy atom. The average molecular weight is 289 g/mol. The molecule has 0 fully saturated rings. The molecule has 5 heteroatoms. The maximum absolute atomic E-state index is 12.5. The van der Waals surface area contributed by atoms with Gasteiger partial charge in [0.2, 0.25) is 11.8 Å². The van der Waals surface area contributed by atoms with Crippen LogP contribution < -0.4 is 10.2 Å². The largest absolute Gasteiger partial charge is 0.355 e. The number of hydrogen-bond donors (Lipinski definition) is 1. The summed E-state index contributed by atoms with van der Waals surface area (Å²) in [4.78, 5) is 27.8. The summed E-state index contributed by atoms with van der Waals surface area (Å²) in [5.41, 5.74) is 2.23. The van der Waals surface area contributed by atoms with Gasteiger partial charge in [-0.2, -0.15) is 0 Å². The second-order valence-electron chi connectivity index (χ2n) is 5.18. The first-order valence-electron chi connectivity index (χ1n) is 7.53. The molecular weight excluding hydrogens is 266 g/mol. The van der Waals surface area contributed by atoms with Crippen LogP contribution in [0.1, 0.15) is 19.4 Å². The molecule has 2 rings (SSSR count). The Hall–Kier alpha value is -1.88. The first kappa shape index (κ1) is 15.5. The van der Waals surface area contributed by atoms with E-state index >= 15 is 0 Å². The second kappa shape index (κ2) is 7.22. The number of anilines is 1. The lowest BCUT2D eigenvalue weighted by Crippen LogP contribution is -2.44. The van der Waals surface area contributed by atoms with Crippen molar-refractivity contribution in [2.75, 3.05) is 37.6 Å². The first-order valence-corrected chi connectivity index (χ1v) is 7.53. The molecule has 1 aromatic carbocycles. The zero-order chi connectivity index (χ0) is 15.2. The van der Waals surface area contributed by atoms with Gasteiger partial charge in [-0.3, -0.25) is 14.5 Å². The maximum Gasteiger partial charge on any atom is 0.241 e. The highest BCUT2D eigenvalue weighted by Crippen LogP contribution is 2.27. The highest BCUT2D eigenvalue weighted by molar-refractivity contribution is 5.97. The number of nitrogens with one attached hydrogen (secondary N) is 1. The van der Waals surface area contributed by atoms with Crippen LogP contribution in [0.4, 0.5) is 5.69 Å². The summed E-state index contributed by atoms with van der Waals surface area (Å²) in [7, 11) is 0. The fraction of sp³-hybridized carbons (Fsp3) is 0.500. The van der Waals surface area contributed by atoms with Crippen molar-refractivity contribution in [1.82, 2.24) is 10.2 Å². The molecule has 1 heterocycles. The molecule has 0 spiro atoms. The summed E-state index contributed by atoms with van der Waals surface area (Å²) in [6, 6.07) is 8.01. The average Bonchev–Trinajstić information content (AvgIpc) is 2.90. The Morgan fingerprint density at radius 1 is 1.24 bits per heavy atom. The SMILES string of the molecule is CCNC(=O)CN(CC)CC(=O)N1CCc2ccccc21. The Labute approximate surface area is 125 Å². The van der Waals surface area contributed by atoms with Gasteiger partial charge in [-0.1, -0.05) is 25.1 Å². The lowest BCUT2D eigenvalue weighted by molar-refractivity contribution is -0.123. The van der Waals surface area contributed by atoms with Gasteiger partial charge in [0.25, 0.3) is 0 Å². The smallest absolute Gasteiger partial charge is 0.241 e. The Bertz CT molecular complexity index is 516. The van der Waals surface area contributed by atoms with Crippen LogP contribution in [0, 0.1) is 0 Å². The van der Waals surface area contributed by atoms with Gasteiger partial charge in [0.1, 0.15) is 0 Å². The Balaban J connectivity index is 1.96. The summed E-state index contributed by atoms with van der Waals surface area (Å²) >= 11 is 0. The Morgan fingerprint density at radius 3 is 2.71 bits per heavy atom. The topological polar surface area (TPSA) is 52.7 Å². The number of amides is 2. The van der Waals surface area contributed by atoms with E-state index < -0.39 is 0 Å². The molecule has 0 radical (unpaired) electrons. The molecule has 0 saturated carbocycles. The quantitative estimate of drug-likeness (QED) is 0.851. The minimum absolute atomic E-state index is 0.0334. The van der Waals surface area contributed by atoms with Crippen molar-refractivity contribution >= 4 is 17.5 Å². The van der Waals surface area contributed by atoms with E-state index in [0.717, 1.165) is 18.7 Å². The van der Waals surface area contributed by atoms with Crippen molar-refractivity contribution in [3.05, 3.63) is 29.8 Å². The zero-order valence-electron chi connectivity index (χ0n) is 12.8. The summed E-state index contributed by atoms with van der Waals surface area (Å²) in [5.74, 6) is 0.0278. The van der Waals surface area contributed by atoms with Gasteiger partial charge in [0.15, 0.2) is 0 Å². The number of benzene rings is 1. The molecule has 0 aliphatic carbocycles. The minimum atomic E-state index is -0.0334. The third-order valence-corrected chi connectivity index (χ3v) is 3.74. The summed E-state index contributed by atoms with van der Waals surface area (Å²) in [6.07, 6.45) is 0.907. The number of carbonyl (C=O) groups is 2. The molecule has 5 nitrogen and oxygen atoms in total. The fourth-order valence-electron chi connectivity index (χ4n) is 2.61. The molecule has 1 aliphatic rings. The van der Waals surface area contributed by atoms with Gasteiger partial charge in [-0.15, -0.1) is 0 Å². The predicted octanol–water partition coefficient (Wildman–Crippen LogP) is 1.03. The third kappa shape index (κ3) is 3.82. The molecule has 21 heavy (non-hydrogen) atoms. The van der Waals surface area contributed by atoms with Crippen LogP contribution in [-0.2, 0) is 16.0 Å². The fourth-order valence-corrected chi connectivity index (χ4v) is 2.61. The maximum atomic E-state index is 12.5. The monoisotopic (exact) mass is 289 g/mol. The van der Waals surface area contributed by atoms with E-state index in [1.807, 2.05) is 41.8 Å². The van der Waals surface area contributed by atoms with E-state index in [1.54, 1.807) is 0 Å². The molecule has 0 saturated heterocycles. The predicted molar refractivity (Wildman–Crippen MR) is 83.3 cm³/mol. The van der Waals surface area contributed by atoms with Crippen molar-refractivity contribution in [3.8, 4) is 0 Å². The molecule has 1 N–H and O–H groups in total. The number of nitrogens with zero attached hydrogens (tertiary/aromatic N) is 2. The van der Waals surface area contributed by atoms with Crippen LogP contribution in [0.15, 0.2) is 24.3 Å². The summed E-state index contributed by atoms with van der Waals surface area (Å²) < 4.78 is 0. The molecule has 0 atom stereocenters. The number of rotatable bonds is 6. The van der Waals surface area contributed by atoms with Crippen LogP contribution in [0.3, 0.4) is 0 Å². The van der Waals surface area contributed by atoms with Gasteiger partial charge in [0.05, 0.1) is 13.1 Å². The van der Waals surface area contributed by atoms with Crippen molar-refractivity contribution in [3.63, 3.8) is 0 Å². The standard InChI is InChI=1S/C16H23N3O2/c1-3-17-15(20)11-18(4-2)12-16(21)19-10-9-13-7-5-6-8-14(13)19/h5-8H,3-4,9-12H2,1-2H3,(H,17,20). The Kier molecular flexibility index (Phi) is 5.33. The van der Waals surface area contributed by atoms with Crippen molar-refractivity contribution in [2.45, 2.75) is 20.3 Å². The van der Waals surface area contributed by atoms with Crippen LogP contribution in [0.25, 0.3) is 0 Å². The van der Waals surface area contributed by atoms with Crippen LogP contribution >= 0.6 is 0 Å². The number of hydrogen-bond acceptors (Lipinski definition) is 3. The van der Waals surface area contributed by atoms with Gasteiger partial charge in [-0.25, -0.2) is 0 Å². The van der Waals surface area contributed by atoms with Gasteiger partial charge >= 0.3 is 0 Å². The van der Waals surface area contributed by atoms with Crippen molar-refractivity contribution in [1.29, 1.82) is 0 Å². The lowest BCUT2D eigenvalue weighted by Gasteiger charge is -2.23.